The standard InChI is InChI=1S/C19H14F3N3O2/c1-11-10-24-18(17(23)26)25-16(11)13-6-4-5-12(9-13)14-7-2-3-8-15(14)27-19(20,21)22/h2-10H,1H3,(H2,23,26). The van der Waals surface area contributed by atoms with Gasteiger partial charge in [-0.1, -0.05) is 36.4 Å². The van der Waals surface area contributed by atoms with E-state index in [4.69, 9.17) is 5.73 Å². The minimum Gasteiger partial charge on any atom is -0.405 e. The number of benzene rings is 2. The van der Waals surface area contributed by atoms with E-state index in [9.17, 15) is 18.0 Å². The molecule has 0 saturated heterocycles. The minimum absolute atomic E-state index is 0.137. The molecule has 3 rings (SSSR count). The number of para-hydroxylation sites is 1. The van der Waals surface area contributed by atoms with Gasteiger partial charge in [-0.15, -0.1) is 13.2 Å². The summed E-state index contributed by atoms with van der Waals surface area (Å²) < 4.78 is 42.1. The van der Waals surface area contributed by atoms with Crippen LogP contribution in [0.25, 0.3) is 22.4 Å². The summed E-state index contributed by atoms with van der Waals surface area (Å²) in [6, 6.07) is 12.6. The summed E-state index contributed by atoms with van der Waals surface area (Å²) in [5.41, 5.74) is 7.77. The van der Waals surface area contributed by atoms with Crippen molar-refractivity contribution in [3.63, 3.8) is 0 Å². The monoisotopic (exact) mass is 373 g/mol. The van der Waals surface area contributed by atoms with E-state index >= 15 is 0 Å². The zero-order chi connectivity index (χ0) is 19.6. The maximum Gasteiger partial charge on any atom is 0.573 e. The van der Waals surface area contributed by atoms with Gasteiger partial charge in [-0.05, 0) is 30.2 Å². The Morgan fingerprint density at radius 3 is 2.48 bits per heavy atom. The summed E-state index contributed by atoms with van der Waals surface area (Å²) in [7, 11) is 0. The Kier molecular flexibility index (Phi) is 4.81. The van der Waals surface area contributed by atoms with Crippen molar-refractivity contribution in [2.75, 3.05) is 0 Å². The van der Waals surface area contributed by atoms with Crippen molar-refractivity contribution in [3.05, 3.63) is 66.1 Å². The number of carbonyl (C=O) groups excluding carboxylic acids is 1. The average Bonchev–Trinajstić information content (AvgIpc) is 2.61. The molecule has 2 N–H and O–H groups in total. The number of aromatic nitrogens is 2. The van der Waals surface area contributed by atoms with Gasteiger partial charge in [-0.25, -0.2) is 9.97 Å². The topological polar surface area (TPSA) is 78.1 Å². The lowest BCUT2D eigenvalue weighted by Gasteiger charge is -2.14. The van der Waals surface area contributed by atoms with Gasteiger partial charge in [0.1, 0.15) is 5.75 Å². The maximum absolute atomic E-state index is 12.7. The van der Waals surface area contributed by atoms with Crippen LogP contribution in [-0.4, -0.2) is 22.2 Å². The van der Waals surface area contributed by atoms with Crippen molar-refractivity contribution in [2.45, 2.75) is 13.3 Å². The molecular formula is C19H14F3N3O2. The lowest BCUT2D eigenvalue weighted by atomic mass is 9.99. The van der Waals surface area contributed by atoms with Crippen LogP contribution in [0.5, 0.6) is 5.75 Å². The third-order valence-electron chi connectivity index (χ3n) is 3.75. The van der Waals surface area contributed by atoms with Crippen LogP contribution in [-0.2, 0) is 0 Å². The highest BCUT2D eigenvalue weighted by Crippen LogP contribution is 2.35. The second-order valence-electron chi connectivity index (χ2n) is 5.71. The number of primary amides is 1. The summed E-state index contributed by atoms with van der Waals surface area (Å²) in [5.74, 6) is -1.21. The summed E-state index contributed by atoms with van der Waals surface area (Å²) in [6.45, 7) is 1.76. The highest BCUT2D eigenvalue weighted by Gasteiger charge is 2.32. The smallest absolute Gasteiger partial charge is 0.405 e. The number of hydrogen-bond donors (Lipinski definition) is 1. The van der Waals surface area contributed by atoms with Crippen LogP contribution < -0.4 is 10.5 Å². The van der Waals surface area contributed by atoms with Crippen LogP contribution >= 0.6 is 0 Å². The zero-order valence-electron chi connectivity index (χ0n) is 14.1. The van der Waals surface area contributed by atoms with E-state index < -0.39 is 12.3 Å². The van der Waals surface area contributed by atoms with Gasteiger partial charge in [0.05, 0.1) is 5.69 Å². The molecule has 0 spiro atoms. The Labute approximate surface area is 152 Å². The molecule has 5 nitrogen and oxygen atoms in total. The summed E-state index contributed by atoms with van der Waals surface area (Å²) in [4.78, 5) is 19.4. The summed E-state index contributed by atoms with van der Waals surface area (Å²) >= 11 is 0. The van der Waals surface area contributed by atoms with Gasteiger partial charge in [0.2, 0.25) is 5.82 Å². The largest absolute Gasteiger partial charge is 0.573 e. The molecule has 0 radical (unpaired) electrons. The summed E-state index contributed by atoms with van der Waals surface area (Å²) in [6.07, 6.45) is -3.33. The van der Waals surface area contributed by atoms with E-state index in [-0.39, 0.29) is 17.1 Å². The number of ether oxygens (including phenoxy) is 1. The van der Waals surface area contributed by atoms with E-state index in [1.807, 2.05) is 0 Å². The van der Waals surface area contributed by atoms with Gasteiger partial charge >= 0.3 is 6.36 Å². The number of amides is 1. The highest BCUT2D eigenvalue weighted by atomic mass is 19.4. The molecule has 3 aromatic rings. The molecule has 1 heterocycles. The van der Waals surface area contributed by atoms with E-state index in [1.165, 1.54) is 24.4 Å². The van der Waals surface area contributed by atoms with Crippen molar-refractivity contribution in [1.29, 1.82) is 0 Å². The van der Waals surface area contributed by atoms with Gasteiger partial charge in [-0.3, -0.25) is 4.79 Å². The average molecular weight is 373 g/mol. The molecule has 0 aliphatic rings. The lowest BCUT2D eigenvalue weighted by Crippen LogP contribution is -2.17. The number of alkyl halides is 3. The van der Waals surface area contributed by atoms with Crippen LogP contribution in [0.3, 0.4) is 0 Å². The Hall–Kier alpha value is -3.42. The number of aryl methyl sites for hydroxylation is 1. The molecule has 2 aromatic carbocycles. The molecule has 1 aromatic heterocycles. The van der Waals surface area contributed by atoms with Gasteiger partial charge in [0.15, 0.2) is 0 Å². The van der Waals surface area contributed by atoms with Gasteiger partial charge in [0.25, 0.3) is 5.91 Å². The molecule has 0 atom stereocenters. The van der Waals surface area contributed by atoms with Crippen molar-refractivity contribution in [3.8, 4) is 28.1 Å². The highest BCUT2D eigenvalue weighted by molar-refractivity contribution is 5.89. The first-order chi connectivity index (χ1) is 12.7. The molecule has 0 unspecified atom stereocenters. The van der Waals surface area contributed by atoms with Crippen LogP contribution in [0, 0.1) is 6.92 Å². The third-order valence-corrected chi connectivity index (χ3v) is 3.75. The number of carbonyl (C=O) groups is 1. The first-order valence-corrected chi connectivity index (χ1v) is 7.83. The van der Waals surface area contributed by atoms with Crippen molar-refractivity contribution >= 4 is 5.91 Å². The normalized spacial score (nSPS) is 11.3. The van der Waals surface area contributed by atoms with Crippen LogP contribution in [0.4, 0.5) is 13.2 Å². The predicted molar refractivity (Wildman–Crippen MR) is 92.8 cm³/mol. The fourth-order valence-corrected chi connectivity index (χ4v) is 2.61. The minimum atomic E-state index is -4.80. The van der Waals surface area contributed by atoms with E-state index in [0.29, 0.717) is 22.4 Å². The molecule has 1 amide bonds. The number of nitrogens with two attached hydrogens (primary N) is 1. The van der Waals surface area contributed by atoms with Crippen molar-refractivity contribution in [1.82, 2.24) is 9.97 Å². The number of nitrogens with zero attached hydrogens (tertiary/aromatic N) is 2. The predicted octanol–water partition coefficient (Wildman–Crippen LogP) is 4.12. The molecule has 0 fully saturated rings. The lowest BCUT2D eigenvalue weighted by molar-refractivity contribution is -0.274. The fourth-order valence-electron chi connectivity index (χ4n) is 2.61. The van der Waals surface area contributed by atoms with Gasteiger partial charge in [-0.2, -0.15) is 0 Å². The zero-order valence-corrected chi connectivity index (χ0v) is 14.1. The number of rotatable bonds is 4. The third kappa shape index (κ3) is 4.22. The number of halogens is 3. The number of hydrogen-bond acceptors (Lipinski definition) is 4. The molecule has 8 heteroatoms. The van der Waals surface area contributed by atoms with Gasteiger partial charge < -0.3 is 10.5 Å². The summed E-state index contributed by atoms with van der Waals surface area (Å²) in [5, 5.41) is 0. The molecule has 27 heavy (non-hydrogen) atoms. The van der Waals surface area contributed by atoms with Gasteiger partial charge in [0, 0.05) is 17.3 Å². The van der Waals surface area contributed by atoms with E-state index in [0.717, 1.165) is 0 Å². The first kappa shape index (κ1) is 18.4. The SMILES string of the molecule is Cc1cnc(C(N)=O)nc1-c1cccc(-c2ccccc2OC(F)(F)F)c1. The Balaban J connectivity index is 2.08. The Bertz CT molecular complexity index is 1000. The quantitative estimate of drug-likeness (QED) is 0.746. The van der Waals surface area contributed by atoms with Crippen LogP contribution in [0.15, 0.2) is 54.7 Å². The second-order valence-corrected chi connectivity index (χ2v) is 5.71. The second kappa shape index (κ2) is 7.06. The van der Waals surface area contributed by atoms with E-state index in [1.54, 1.807) is 37.3 Å². The molecule has 0 bridgehead atoms. The van der Waals surface area contributed by atoms with Crippen LogP contribution in [0.1, 0.15) is 16.2 Å². The molecule has 138 valence electrons. The molecular weight excluding hydrogens is 359 g/mol. The molecule has 0 saturated carbocycles. The Morgan fingerprint density at radius 1 is 1.07 bits per heavy atom. The van der Waals surface area contributed by atoms with Crippen molar-refractivity contribution in [2.24, 2.45) is 5.73 Å². The van der Waals surface area contributed by atoms with E-state index in [2.05, 4.69) is 14.7 Å². The first-order valence-electron chi connectivity index (χ1n) is 7.83. The van der Waals surface area contributed by atoms with Crippen LogP contribution in [0.2, 0.25) is 0 Å². The fraction of sp³-hybridized carbons (Fsp3) is 0.105. The van der Waals surface area contributed by atoms with Crippen molar-refractivity contribution < 1.29 is 22.7 Å². The molecule has 0 aliphatic carbocycles. The Morgan fingerprint density at radius 2 is 1.78 bits per heavy atom. The maximum atomic E-state index is 12.7. The molecule has 0 aliphatic heterocycles.